The van der Waals surface area contributed by atoms with E-state index in [0.29, 0.717) is 16.4 Å². The molecule has 1 aromatic carbocycles. The number of amides is 1. The number of hydrogen-bond donors (Lipinski definition) is 1. The first-order valence-electron chi connectivity index (χ1n) is 6.80. The topological polar surface area (TPSA) is 59.2 Å². The lowest BCUT2D eigenvalue weighted by Gasteiger charge is -2.26. The Morgan fingerprint density at radius 2 is 1.90 bits per heavy atom. The fraction of sp³-hybridized carbons (Fsp3) is 0.333. The maximum absolute atomic E-state index is 12.6. The van der Waals surface area contributed by atoms with Crippen molar-refractivity contribution < 1.29 is 4.79 Å². The Morgan fingerprint density at radius 1 is 1.15 bits per heavy atom. The number of hydrogen-bond acceptors (Lipinski definition) is 3. The van der Waals surface area contributed by atoms with E-state index in [9.17, 15) is 4.79 Å². The molecule has 1 amide bonds. The molecule has 0 radical (unpaired) electrons. The van der Waals surface area contributed by atoms with Gasteiger partial charge in [0.05, 0.1) is 10.7 Å². The smallest absolute Gasteiger partial charge is 0.273 e. The Bertz CT molecular complexity index is 665. The number of anilines is 1. The molecule has 2 heterocycles. The molecule has 0 aliphatic carbocycles. The Labute approximate surface area is 122 Å². The van der Waals surface area contributed by atoms with Gasteiger partial charge in [-0.3, -0.25) is 9.78 Å². The van der Waals surface area contributed by atoms with E-state index in [-0.39, 0.29) is 5.91 Å². The number of pyridine rings is 1. The van der Waals surface area contributed by atoms with Crippen molar-refractivity contribution in [3.05, 3.63) is 35.1 Å². The van der Waals surface area contributed by atoms with Crippen LogP contribution >= 0.6 is 11.6 Å². The molecule has 20 heavy (non-hydrogen) atoms. The maximum atomic E-state index is 12.6. The number of piperidine rings is 1. The van der Waals surface area contributed by atoms with Gasteiger partial charge in [-0.15, -0.1) is 0 Å². The van der Waals surface area contributed by atoms with E-state index in [4.69, 9.17) is 17.3 Å². The van der Waals surface area contributed by atoms with E-state index in [1.165, 1.54) is 6.42 Å². The summed E-state index contributed by atoms with van der Waals surface area (Å²) in [5, 5.41) is 2.05. The molecular formula is C15H16ClN3O. The molecule has 4 nitrogen and oxygen atoms in total. The summed E-state index contributed by atoms with van der Waals surface area (Å²) < 4.78 is 0. The van der Waals surface area contributed by atoms with Crippen molar-refractivity contribution in [1.82, 2.24) is 9.88 Å². The molecule has 1 fully saturated rings. The van der Waals surface area contributed by atoms with Gasteiger partial charge in [-0.25, -0.2) is 0 Å². The summed E-state index contributed by atoms with van der Waals surface area (Å²) in [6, 6.07) is 5.33. The number of carbonyl (C=O) groups is 1. The molecule has 104 valence electrons. The van der Waals surface area contributed by atoms with Crippen molar-refractivity contribution in [3.8, 4) is 0 Å². The van der Waals surface area contributed by atoms with Gasteiger partial charge < -0.3 is 10.6 Å². The van der Waals surface area contributed by atoms with Gasteiger partial charge in [0.1, 0.15) is 5.69 Å². The van der Waals surface area contributed by atoms with E-state index in [1.807, 2.05) is 11.0 Å². The third-order valence-electron chi connectivity index (χ3n) is 3.78. The van der Waals surface area contributed by atoms with Gasteiger partial charge in [-0.2, -0.15) is 0 Å². The molecule has 2 aromatic rings. The number of carbonyl (C=O) groups excluding carboxylic acids is 1. The number of likely N-dealkylation sites (tertiary alicyclic amines) is 1. The third-order valence-corrected chi connectivity index (χ3v) is 4.11. The second kappa shape index (κ2) is 5.29. The Balaban J connectivity index is 2.07. The van der Waals surface area contributed by atoms with Crippen LogP contribution in [0.25, 0.3) is 10.8 Å². The fourth-order valence-electron chi connectivity index (χ4n) is 2.67. The van der Waals surface area contributed by atoms with Gasteiger partial charge in [0.15, 0.2) is 0 Å². The number of fused-ring (bicyclic) bond motifs is 1. The van der Waals surface area contributed by atoms with Crippen LogP contribution in [0.1, 0.15) is 29.8 Å². The van der Waals surface area contributed by atoms with Crippen LogP contribution in [0.2, 0.25) is 5.02 Å². The highest BCUT2D eigenvalue weighted by Gasteiger charge is 2.21. The highest BCUT2D eigenvalue weighted by molar-refractivity contribution is 6.34. The van der Waals surface area contributed by atoms with Crippen molar-refractivity contribution in [2.24, 2.45) is 0 Å². The molecule has 1 saturated heterocycles. The fourth-order valence-corrected chi connectivity index (χ4v) is 2.83. The average molecular weight is 290 g/mol. The Morgan fingerprint density at radius 3 is 2.65 bits per heavy atom. The summed E-state index contributed by atoms with van der Waals surface area (Å²) >= 11 is 6.03. The number of aromatic nitrogens is 1. The van der Waals surface area contributed by atoms with Gasteiger partial charge in [0.25, 0.3) is 5.91 Å². The van der Waals surface area contributed by atoms with Crippen LogP contribution in [-0.2, 0) is 0 Å². The first kappa shape index (κ1) is 13.2. The number of nitrogens with zero attached hydrogens (tertiary/aromatic N) is 2. The first-order valence-corrected chi connectivity index (χ1v) is 7.18. The molecule has 0 unspecified atom stereocenters. The molecule has 0 spiro atoms. The highest BCUT2D eigenvalue weighted by atomic mass is 35.5. The summed E-state index contributed by atoms with van der Waals surface area (Å²) in [4.78, 5) is 18.7. The van der Waals surface area contributed by atoms with Crippen LogP contribution in [0.5, 0.6) is 0 Å². The largest absolute Gasteiger partial charge is 0.397 e. The number of rotatable bonds is 1. The van der Waals surface area contributed by atoms with Gasteiger partial charge in [-0.05, 0) is 31.4 Å². The number of nitrogen functional groups attached to an aromatic ring is 1. The lowest BCUT2D eigenvalue weighted by atomic mass is 10.1. The van der Waals surface area contributed by atoms with Crippen LogP contribution in [0.4, 0.5) is 5.69 Å². The van der Waals surface area contributed by atoms with Crippen LogP contribution in [-0.4, -0.2) is 28.9 Å². The first-order chi connectivity index (χ1) is 9.68. The lowest BCUT2D eigenvalue weighted by Crippen LogP contribution is -2.36. The van der Waals surface area contributed by atoms with Crippen LogP contribution in [0, 0.1) is 0 Å². The minimum atomic E-state index is -0.0166. The summed E-state index contributed by atoms with van der Waals surface area (Å²) in [6.07, 6.45) is 4.93. The van der Waals surface area contributed by atoms with E-state index in [1.54, 1.807) is 18.3 Å². The maximum Gasteiger partial charge on any atom is 0.273 e. The van der Waals surface area contributed by atoms with Crippen molar-refractivity contribution in [2.75, 3.05) is 18.8 Å². The summed E-state index contributed by atoms with van der Waals surface area (Å²) in [5.41, 5.74) is 6.95. The molecule has 1 aliphatic rings. The molecule has 3 rings (SSSR count). The van der Waals surface area contributed by atoms with E-state index in [2.05, 4.69) is 4.98 Å². The third kappa shape index (κ3) is 2.20. The lowest BCUT2D eigenvalue weighted by molar-refractivity contribution is 0.0720. The van der Waals surface area contributed by atoms with E-state index < -0.39 is 0 Å². The number of nitrogens with two attached hydrogens (primary N) is 1. The van der Waals surface area contributed by atoms with Gasteiger partial charge in [0, 0.05) is 30.1 Å². The van der Waals surface area contributed by atoms with Crippen LogP contribution < -0.4 is 5.73 Å². The van der Waals surface area contributed by atoms with Crippen LogP contribution in [0.15, 0.2) is 24.4 Å². The molecule has 5 heteroatoms. The predicted molar refractivity (Wildman–Crippen MR) is 80.9 cm³/mol. The molecule has 1 aliphatic heterocycles. The zero-order valence-corrected chi connectivity index (χ0v) is 11.9. The van der Waals surface area contributed by atoms with Gasteiger partial charge in [-0.1, -0.05) is 17.7 Å². The van der Waals surface area contributed by atoms with Crippen molar-refractivity contribution in [3.63, 3.8) is 0 Å². The van der Waals surface area contributed by atoms with Gasteiger partial charge >= 0.3 is 0 Å². The SMILES string of the molecule is Nc1c(Cl)ccc2c(C(=O)N3CCCCC3)nccc12. The minimum Gasteiger partial charge on any atom is -0.397 e. The number of halogens is 1. The predicted octanol–water partition coefficient (Wildman–Crippen LogP) is 3.10. The number of benzene rings is 1. The summed E-state index contributed by atoms with van der Waals surface area (Å²) in [5.74, 6) is -0.0166. The molecule has 0 atom stereocenters. The summed E-state index contributed by atoms with van der Waals surface area (Å²) in [6.45, 7) is 1.61. The molecular weight excluding hydrogens is 274 g/mol. The standard InChI is InChI=1S/C15H16ClN3O/c16-12-5-4-11-10(13(12)17)6-7-18-14(11)15(20)19-8-2-1-3-9-19/h4-7H,1-3,8-9,17H2. The second-order valence-electron chi connectivity index (χ2n) is 5.07. The molecule has 0 saturated carbocycles. The van der Waals surface area contributed by atoms with E-state index >= 15 is 0 Å². The van der Waals surface area contributed by atoms with Crippen LogP contribution in [0.3, 0.4) is 0 Å². The molecule has 2 N–H and O–H groups in total. The average Bonchev–Trinajstić information content (AvgIpc) is 2.51. The second-order valence-corrected chi connectivity index (χ2v) is 5.48. The molecule has 1 aromatic heterocycles. The Hall–Kier alpha value is -1.81. The van der Waals surface area contributed by atoms with Gasteiger partial charge in [0.2, 0.25) is 0 Å². The van der Waals surface area contributed by atoms with Crippen molar-refractivity contribution in [2.45, 2.75) is 19.3 Å². The zero-order chi connectivity index (χ0) is 14.1. The molecule has 0 bridgehead atoms. The minimum absolute atomic E-state index is 0.0166. The van der Waals surface area contributed by atoms with Crippen molar-refractivity contribution >= 4 is 34.0 Å². The zero-order valence-electron chi connectivity index (χ0n) is 11.1. The highest BCUT2D eigenvalue weighted by Crippen LogP contribution is 2.30. The van der Waals surface area contributed by atoms with Crippen molar-refractivity contribution in [1.29, 1.82) is 0 Å². The Kier molecular flexibility index (Phi) is 3.49. The monoisotopic (exact) mass is 289 g/mol. The quantitative estimate of drug-likeness (QED) is 0.821. The van der Waals surface area contributed by atoms with E-state index in [0.717, 1.165) is 36.7 Å². The summed E-state index contributed by atoms with van der Waals surface area (Å²) in [7, 11) is 0. The normalized spacial score (nSPS) is 15.6.